The molecule has 2 aromatic heterocycles. The van der Waals surface area contributed by atoms with Crippen LogP contribution in [0.15, 0.2) is 53.1 Å². The van der Waals surface area contributed by atoms with Crippen LogP contribution < -0.4 is 0 Å². The second kappa shape index (κ2) is 8.14. The van der Waals surface area contributed by atoms with Crippen molar-refractivity contribution in [2.75, 3.05) is 6.54 Å². The maximum Gasteiger partial charge on any atom is 0.223 e. The molecule has 5 rings (SSSR count). The fourth-order valence-corrected chi connectivity index (χ4v) is 5.32. The number of halogens is 1. The lowest BCUT2D eigenvalue weighted by atomic mass is 9.83. The number of amides is 1. The van der Waals surface area contributed by atoms with Crippen molar-refractivity contribution in [3.8, 4) is 0 Å². The zero-order valence-electron chi connectivity index (χ0n) is 18.5. The van der Waals surface area contributed by atoms with E-state index in [0.29, 0.717) is 19.4 Å². The Balaban J connectivity index is 1.53. The number of H-pyrrole nitrogens is 1. The van der Waals surface area contributed by atoms with Gasteiger partial charge in [0.05, 0.1) is 11.7 Å². The van der Waals surface area contributed by atoms with Crippen molar-refractivity contribution < 1.29 is 9.32 Å². The van der Waals surface area contributed by atoms with E-state index in [9.17, 15) is 4.79 Å². The Morgan fingerprint density at radius 2 is 1.94 bits per heavy atom. The quantitative estimate of drug-likeness (QED) is 0.411. The van der Waals surface area contributed by atoms with E-state index in [4.69, 9.17) is 16.1 Å². The number of nitrogens with one attached hydrogen (secondary N) is 1. The highest BCUT2D eigenvalue weighted by atomic mass is 35.5. The van der Waals surface area contributed by atoms with Gasteiger partial charge in [0.2, 0.25) is 5.91 Å². The van der Waals surface area contributed by atoms with Gasteiger partial charge in [-0.2, -0.15) is 0 Å². The number of hydrogen-bond donors (Lipinski definition) is 1. The summed E-state index contributed by atoms with van der Waals surface area (Å²) in [7, 11) is 0. The van der Waals surface area contributed by atoms with E-state index in [1.54, 1.807) is 0 Å². The van der Waals surface area contributed by atoms with Gasteiger partial charge in [-0.3, -0.25) is 4.79 Å². The summed E-state index contributed by atoms with van der Waals surface area (Å²) in [5.74, 6) is 0.918. The van der Waals surface area contributed by atoms with Crippen LogP contribution >= 0.6 is 11.6 Å². The Hall–Kier alpha value is -3.05. The standard InChI is InChI=1S/C26H26ClN3O2/c1-15-18(17(3)32-29-15)12-13-24(31)30-14-21(19-8-4-6-10-22(19)27)25-20-9-5-7-11-23(20)28-26(25)16(30)2/h4-11,16,21,28H,12-14H2,1-3H3. The summed E-state index contributed by atoms with van der Waals surface area (Å²) in [5, 5.41) is 5.94. The first-order valence-electron chi connectivity index (χ1n) is 11.0. The van der Waals surface area contributed by atoms with Crippen LogP contribution in [-0.2, 0) is 11.2 Å². The molecule has 1 amide bonds. The second-order valence-electron chi connectivity index (χ2n) is 8.60. The molecule has 0 bridgehead atoms. The Morgan fingerprint density at radius 1 is 1.19 bits per heavy atom. The molecule has 2 unspecified atom stereocenters. The molecular formula is C26H26ClN3O2. The van der Waals surface area contributed by atoms with Gasteiger partial charge >= 0.3 is 0 Å². The van der Waals surface area contributed by atoms with E-state index in [0.717, 1.165) is 38.8 Å². The average molecular weight is 448 g/mol. The SMILES string of the molecule is Cc1noc(C)c1CCC(=O)N1CC(c2ccccc2Cl)c2c([nH]c3ccccc23)C1C. The third-order valence-electron chi connectivity index (χ3n) is 6.76. The number of benzene rings is 2. The molecule has 32 heavy (non-hydrogen) atoms. The number of hydrogen-bond acceptors (Lipinski definition) is 3. The summed E-state index contributed by atoms with van der Waals surface area (Å²) >= 11 is 6.64. The summed E-state index contributed by atoms with van der Waals surface area (Å²) < 4.78 is 5.27. The molecule has 2 aromatic carbocycles. The fraction of sp³-hybridized carbons (Fsp3) is 0.308. The molecule has 1 aliphatic rings. The number of carbonyl (C=O) groups excluding carboxylic acids is 1. The summed E-state index contributed by atoms with van der Waals surface area (Å²) in [6.07, 6.45) is 1.04. The van der Waals surface area contributed by atoms with Gasteiger partial charge in [-0.25, -0.2) is 0 Å². The molecule has 0 radical (unpaired) electrons. The Kier molecular flexibility index (Phi) is 5.30. The van der Waals surface area contributed by atoms with Crippen LogP contribution in [0, 0.1) is 13.8 Å². The third-order valence-corrected chi connectivity index (χ3v) is 7.11. The molecule has 0 aliphatic carbocycles. The van der Waals surface area contributed by atoms with Crippen LogP contribution in [-0.4, -0.2) is 27.5 Å². The van der Waals surface area contributed by atoms with Crippen LogP contribution in [0.5, 0.6) is 0 Å². The van der Waals surface area contributed by atoms with Gasteiger partial charge in [0.1, 0.15) is 5.76 Å². The first-order valence-corrected chi connectivity index (χ1v) is 11.4. The highest BCUT2D eigenvalue weighted by Crippen LogP contribution is 2.44. The summed E-state index contributed by atoms with van der Waals surface area (Å²) in [6, 6.07) is 16.2. The minimum absolute atomic E-state index is 0.00839. The first-order chi connectivity index (χ1) is 15.5. The molecule has 0 saturated carbocycles. The number of fused-ring (bicyclic) bond motifs is 3. The van der Waals surface area contributed by atoms with Gasteiger partial charge in [-0.05, 0) is 50.5 Å². The van der Waals surface area contributed by atoms with Crippen LogP contribution in [0.1, 0.15) is 59.1 Å². The van der Waals surface area contributed by atoms with Crippen molar-refractivity contribution in [2.24, 2.45) is 0 Å². The maximum atomic E-state index is 13.4. The van der Waals surface area contributed by atoms with E-state index in [2.05, 4.69) is 41.3 Å². The monoisotopic (exact) mass is 447 g/mol. The van der Waals surface area contributed by atoms with Gasteiger partial charge in [0.25, 0.3) is 0 Å². The molecule has 6 heteroatoms. The summed E-state index contributed by atoms with van der Waals surface area (Å²) in [4.78, 5) is 19.0. The lowest BCUT2D eigenvalue weighted by Crippen LogP contribution is -2.41. The zero-order valence-corrected chi connectivity index (χ0v) is 19.2. The number of nitrogens with zero attached hydrogens (tertiary/aromatic N) is 2. The maximum absolute atomic E-state index is 13.4. The van der Waals surface area contributed by atoms with Crippen molar-refractivity contribution in [3.05, 3.63) is 87.4 Å². The lowest BCUT2D eigenvalue weighted by molar-refractivity contribution is -0.134. The van der Waals surface area contributed by atoms with Crippen LogP contribution in [0.2, 0.25) is 5.02 Å². The largest absolute Gasteiger partial charge is 0.361 e. The van der Waals surface area contributed by atoms with Crippen LogP contribution in [0.3, 0.4) is 0 Å². The number of aromatic nitrogens is 2. The molecule has 4 aromatic rings. The van der Waals surface area contributed by atoms with Crippen molar-refractivity contribution in [1.82, 2.24) is 15.0 Å². The van der Waals surface area contributed by atoms with E-state index < -0.39 is 0 Å². The zero-order chi connectivity index (χ0) is 22.4. The molecule has 1 N–H and O–H groups in total. The van der Waals surface area contributed by atoms with E-state index in [1.165, 1.54) is 10.9 Å². The second-order valence-corrected chi connectivity index (χ2v) is 9.00. The molecule has 0 saturated heterocycles. The van der Waals surface area contributed by atoms with E-state index in [1.807, 2.05) is 43.0 Å². The molecule has 2 atom stereocenters. The van der Waals surface area contributed by atoms with Crippen LogP contribution in [0.25, 0.3) is 10.9 Å². The van der Waals surface area contributed by atoms with E-state index >= 15 is 0 Å². The fourth-order valence-electron chi connectivity index (χ4n) is 5.06. The molecule has 0 fully saturated rings. The smallest absolute Gasteiger partial charge is 0.223 e. The Bertz CT molecular complexity index is 1290. The minimum Gasteiger partial charge on any atom is -0.361 e. The highest BCUT2D eigenvalue weighted by Gasteiger charge is 2.37. The number of para-hydroxylation sites is 1. The Labute approximate surface area is 192 Å². The lowest BCUT2D eigenvalue weighted by Gasteiger charge is -2.39. The first kappa shape index (κ1) is 20.8. The van der Waals surface area contributed by atoms with Crippen molar-refractivity contribution in [1.29, 1.82) is 0 Å². The normalized spacial score (nSPS) is 18.2. The topological polar surface area (TPSA) is 62.1 Å². The predicted octanol–water partition coefficient (Wildman–Crippen LogP) is 6.09. The molecular weight excluding hydrogens is 422 g/mol. The molecule has 5 nitrogen and oxygen atoms in total. The van der Waals surface area contributed by atoms with Gasteiger partial charge in [0, 0.05) is 46.1 Å². The average Bonchev–Trinajstić information content (AvgIpc) is 3.33. The van der Waals surface area contributed by atoms with Gasteiger partial charge in [0.15, 0.2) is 0 Å². The molecule has 164 valence electrons. The highest BCUT2D eigenvalue weighted by molar-refractivity contribution is 6.31. The molecule has 1 aliphatic heterocycles. The van der Waals surface area contributed by atoms with Crippen molar-refractivity contribution in [2.45, 2.75) is 45.6 Å². The number of rotatable bonds is 4. The van der Waals surface area contributed by atoms with Gasteiger partial charge in [-0.1, -0.05) is 53.2 Å². The minimum atomic E-state index is -0.0479. The number of carbonyl (C=O) groups is 1. The van der Waals surface area contributed by atoms with Crippen molar-refractivity contribution in [3.63, 3.8) is 0 Å². The van der Waals surface area contributed by atoms with Gasteiger partial charge < -0.3 is 14.4 Å². The van der Waals surface area contributed by atoms with Crippen LogP contribution in [0.4, 0.5) is 0 Å². The number of aromatic amines is 1. The molecule has 3 heterocycles. The van der Waals surface area contributed by atoms with E-state index in [-0.39, 0.29) is 17.9 Å². The summed E-state index contributed by atoms with van der Waals surface area (Å²) in [5.41, 5.74) is 6.36. The summed E-state index contributed by atoms with van der Waals surface area (Å²) in [6.45, 7) is 6.52. The van der Waals surface area contributed by atoms with Gasteiger partial charge in [-0.15, -0.1) is 0 Å². The predicted molar refractivity (Wildman–Crippen MR) is 126 cm³/mol. The van der Waals surface area contributed by atoms with Crippen molar-refractivity contribution >= 4 is 28.4 Å². The third kappa shape index (κ3) is 3.41. The number of aryl methyl sites for hydroxylation is 2. The Morgan fingerprint density at radius 3 is 2.69 bits per heavy atom. The molecule has 0 spiro atoms.